The lowest BCUT2D eigenvalue weighted by Gasteiger charge is -2.04. The molecule has 0 aliphatic heterocycles. The monoisotopic (exact) mass is 364 g/mol. The standard InChI is InChI=1S/C19H14N3O5/c23-18(14-5-2-1-3-6-14)13-21-10-9-20-12-17(21)19(24)27-16-8-4-7-15(11-16)22(25)26/h1-12H,13H2/q+1. The van der Waals surface area contributed by atoms with E-state index in [0.29, 0.717) is 5.56 Å². The summed E-state index contributed by atoms with van der Waals surface area (Å²) in [7, 11) is 0. The van der Waals surface area contributed by atoms with E-state index in [2.05, 4.69) is 4.98 Å². The number of aromatic nitrogens is 2. The number of esters is 1. The van der Waals surface area contributed by atoms with Gasteiger partial charge in [-0.25, -0.2) is 4.79 Å². The maximum atomic E-state index is 12.5. The van der Waals surface area contributed by atoms with Crippen molar-refractivity contribution >= 4 is 17.4 Å². The summed E-state index contributed by atoms with van der Waals surface area (Å²) < 4.78 is 6.62. The van der Waals surface area contributed by atoms with Crippen molar-refractivity contribution < 1.29 is 23.8 Å². The highest BCUT2D eigenvalue weighted by Crippen LogP contribution is 2.19. The first-order chi connectivity index (χ1) is 13.0. The van der Waals surface area contributed by atoms with Gasteiger partial charge in [0, 0.05) is 11.6 Å². The molecule has 0 atom stereocenters. The maximum absolute atomic E-state index is 12.5. The van der Waals surface area contributed by atoms with Gasteiger partial charge in [0.1, 0.15) is 11.9 Å². The number of hydrogen-bond acceptors (Lipinski definition) is 6. The van der Waals surface area contributed by atoms with Crippen LogP contribution in [0.1, 0.15) is 20.8 Å². The summed E-state index contributed by atoms with van der Waals surface area (Å²) in [6.07, 6.45) is 4.21. The van der Waals surface area contributed by atoms with Crippen molar-refractivity contribution in [3.8, 4) is 5.75 Å². The molecule has 0 amide bonds. The van der Waals surface area contributed by atoms with Gasteiger partial charge in [-0.1, -0.05) is 36.4 Å². The molecule has 0 N–H and O–H groups in total. The lowest BCUT2D eigenvalue weighted by atomic mass is 10.1. The van der Waals surface area contributed by atoms with E-state index in [0.717, 1.165) is 6.07 Å². The van der Waals surface area contributed by atoms with Gasteiger partial charge in [-0.05, 0) is 6.07 Å². The number of carbonyl (C=O) groups excluding carboxylic acids is 2. The van der Waals surface area contributed by atoms with Crippen LogP contribution in [0.4, 0.5) is 5.69 Å². The van der Waals surface area contributed by atoms with Gasteiger partial charge in [0.2, 0.25) is 12.3 Å². The minimum atomic E-state index is -0.774. The third kappa shape index (κ3) is 4.37. The van der Waals surface area contributed by atoms with Crippen LogP contribution in [0, 0.1) is 10.1 Å². The van der Waals surface area contributed by atoms with Crippen LogP contribution in [0.25, 0.3) is 0 Å². The molecule has 134 valence electrons. The molecule has 0 unspecified atom stereocenters. The van der Waals surface area contributed by atoms with Gasteiger partial charge < -0.3 is 4.74 Å². The van der Waals surface area contributed by atoms with E-state index in [1.165, 1.54) is 41.4 Å². The Morgan fingerprint density at radius 1 is 1.11 bits per heavy atom. The molecule has 1 heterocycles. The second-order valence-electron chi connectivity index (χ2n) is 5.52. The van der Waals surface area contributed by atoms with Crippen molar-refractivity contribution in [1.29, 1.82) is 0 Å². The number of nitro benzene ring substituents is 1. The second kappa shape index (κ2) is 7.96. The maximum Gasteiger partial charge on any atom is 0.410 e. The molecule has 3 rings (SSSR count). The zero-order valence-corrected chi connectivity index (χ0v) is 14.0. The molecule has 27 heavy (non-hydrogen) atoms. The van der Waals surface area contributed by atoms with Gasteiger partial charge in [-0.2, -0.15) is 4.57 Å². The summed E-state index contributed by atoms with van der Waals surface area (Å²) >= 11 is 0. The van der Waals surface area contributed by atoms with Gasteiger partial charge in [-0.3, -0.25) is 19.9 Å². The Labute approximate surface area is 153 Å². The van der Waals surface area contributed by atoms with E-state index in [1.807, 2.05) is 0 Å². The molecule has 0 spiro atoms. The zero-order chi connectivity index (χ0) is 19.2. The van der Waals surface area contributed by atoms with Crippen molar-refractivity contribution in [2.45, 2.75) is 6.54 Å². The summed E-state index contributed by atoms with van der Waals surface area (Å²) in [4.78, 5) is 39.0. The minimum Gasteiger partial charge on any atom is -0.418 e. The second-order valence-corrected chi connectivity index (χ2v) is 5.52. The molecule has 8 heteroatoms. The highest BCUT2D eigenvalue weighted by Gasteiger charge is 2.24. The van der Waals surface area contributed by atoms with E-state index in [-0.39, 0.29) is 29.5 Å². The zero-order valence-electron chi connectivity index (χ0n) is 14.0. The molecule has 0 fully saturated rings. The van der Waals surface area contributed by atoms with E-state index < -0.39 is 10.9 Å². The predicted octanol–water partition coefficient (Wildman–Crippen LogP) is 2.38. The Balaban J connectivity index is 1.81. The molecule has 0 aliphatic rings. The average molecular weight is 364 g/mol. The summed E-state index contributed by atoms with van der Waals surface area (Å²) in [5, 5.41) is 10.8. The van der Waals surface area contributed by atoms with Crippen molar-refractivity contribution in [2.24, 2.45) is 0 Å². The molecular formula is C19H14N3O5+. The van der Waals surface area contributed by atoms with Crippen LogP contribution in [0.15, 0.2) is 73.2 Å². The van der Waals surface area contributed by atoms with Crippen LogP contribution < -0.4 is 9.30 Å². The van der Waals surface area contributed by atoms with Gasteiger partial charge in [0.05, 0.1) is 17.2 Å². The Kier molecular flexibility index (Phi) is 5.27. The van der Waals surface area contributed by atoms with Crippen LogP contribution in [0.5, 0.6) is 5.75 Å². The highest BCUT2D eigenvalue weighted by molar-refractivity contribution is 5.95. The number of benzene rings is 2. The van der Waals surface area contributed by atoms with E-state index in [1.54, 1.807) is 30.3 Å². The first-order valence-corrected chi connectivity index (χ1v) is 7.93. The first-order valence-electron chi connectivity index (χ1n) is 7.93. The van der Waals surface area contributed by atoms with Crippen LogP contribution >= 0.6 is 0 Å². The van der Waals surface area contributed by atoms with Crippen LogP contribution in [0.2, 0.25) is 0 Å². The Hall–Kier alpha value is -3.94. The molecule has 0 saturated heterocycles. The number of ether oxygens (including phenoxy) is 1. The van der Waals surface area contributed by atoms with Crippen molar-refractivity contribution in [3.63, 3.8) is 0 Å². The van der Waals surface area contributed by atoms with Gasteiger partial charge in [-0.15, -0.1) is 0 Å². The number of hydrogen-bond donors (Lipinski definition) is 0. The summed E-state index contributed by atoms with van der Waals surface area (Å²) in [6, 6.07) is 14.0. The van der Waals surface area contributed by atoms with Crippen molar-refractivity contribution in [2.75, 3.05) is 0 Å². The molecule has 2 aromatic carbocycles. The van der Waals surface area contributed by atoms with Crippen LogP contribution in [0.3, 0.4) is 0 Å². The topological polar surface area (TPSA) is 103 Å². The smallest absolute Gasteiger partial charge is 0.410 e. The largest absolute Gasteiger partial charge is 0.418 e. The number of Topliss-reactive ketones (excluding diaryl/α,β-unsaturated/α-hetero) is 1. The first kappa shape index (κ1) is 17.9. The van der Waals surface area contributed by atoms with Crippen molar-refractivity contribution in [3.05, 3.63) is 94.6 Å². The number of ketones is 1. The van der Waals surface area contributed by atoms with E-state index >= 15 is 0 Å². The molecule has 0 radical (unpaired) electrons. The predicted molar refractivity (Wildman–Crippen MR) is 93.3 cm³/mol. The molecular weight excluding hydrogens is 350 g/mol. The molecule has 0 saturated carbocycles. The van der Waals surface area contributed by atoms with Gasteiger partial charge in [0.15, 0.2) is 6.20 Å². The quantitative estimate of drug-likeness (QED) is 0.166. The molecule has 0 aliphatic carbocycles. The summed E-state index contributed by atoms with van der Waals surface area (Å²) in [5.41, 5.74) is 0.367. The fourth-order valence-corrected chi connectivity index (χ4v) is 2.38. The van der Waals surface area contributed by atoms with Crippen LogP contribution in [-0.2, 0) is 6.54 Å². The highest BCUT2D eigenvalue weighted by atomic mass is 16.6. The molecule has 1 aromatic heterocycles. The molecule has 8 nitrogen and oxygen atoms in total. The van der Waals surface area contributed by atoms with E-state index in [9.17, 15) is 19.7 Å². The lowest BCUT2D eigenvalue weighted by Crippen LogP contribution is -2.44. The third-order valence-electron chi connectivity index (χ3n) is 3.70. The number of nitrogens with zero attached hydrogens (tertiary/aromatic N) is 3. The summed E-state index contributed by atoms with van der Waals surface area (Å²) in [6.45, 7) is -0.0775. The lowest BCUT2D eigenvalue weighted by molar-refractivity contribution is -0.686. The fourth-order valence-electron chi connectivity index (χ4n) is 2.38. The van der Waals surface area contributed by atoms with E-state index in [4.69, 9.17) is 4.74 Å². The number of nitro groups is 1. The molecule has 3 aromatic rings. The number of rotatable bonds is 6. The van der Waals surface area contributed by atoms with Gasteiger partial charge in [0.25, 0.3) is 5.69 Å². The number of carbonyl (C=O) groups is 2. The summed E-state index contributed by atoms with van der Waals surface area (Å²) in [5.74, 6) is -0.931. The fraction of sp³-hybridized carbons (Fsp3) is 0.0526. The van der Waals surface area contributed by atoms with Crippen molar-refractivity contribution in [1.82, 2.24) is 4.98 Å². The molecule has 0 bridgehead atoms. The minimum absolute atomic E-state index is 0.0268. The number of non-ortho nitro benzene ring substituents is 1. The average Bonchev–Trinajstić information content (AvgIpc) is 2.69. The normalized spacial score (nSPS) is 10.2. The third-order valence-corrected chi connectivity index (χ3v) is 3.70. The Morgan fingerprint density at radius 3 is 2.63 bits per heavy atom. The Bertz CT molecular complexity index is 1000. The SMILES string of the molecule is O=C(C[n+]1ccncc1C(=O)Oc1cccc([N+](=O)[O-])c1)c1ccccc1. The Morgan fingerprint density at radius 2 is 1.89 bits per heavy atom. The van der Waals surface area contributed by atoms with Crippen LogP contribution in [-0.4, -0.2) is 21.7 Å². The van der Waals surface area contributed by atoms with Gasteiger partial charge >= 0.3 is 11.7 Å².